The molecule has 0 bridgehead atoms. The van der Waals surface area contributed by atoms with Crippen LogP contribution in [0.1, 0.15) is 18.9 Å². The zero-order valence-corrected chi connectivity index (χ0v) is 16.0. The van der Waals surface area contributed by atoms with Crippen LogP contribution >= 0.6 is 0 Å². The molecule has 2 N–H and O–H groups in total. The van der Waals surface area contributed by atoms with Gasteiger partial charge in [0.15, 0.2) is 5.58 Å². The second-order valence-electron chi connectivity index (χ2n) is 7.53. The minimum Gasteiger partial charge on any atom is -0.436 e. The normalized spacial score (nSPS) is 15.9. The number of fused-ring (bicyclic) bond motifs is 1. The van der Waals surface area contributed by atoms with Crippen LogP contribution in [0.25, 0.3) is 33.7 Å². The van der Waals surface area contributed by atoms with E-state index in [1.54, 1.807) is 12.3 Å². The van der Waals surface area contributed by atoms with E-state index in [2.05, 4.69) is 33.2 Å². The van der Waals surface area contributed by atoms with Crippen molar-refractivity contribution < 1.29 is 8.81 Å². The molecule has 148 valence electrons. The number of nitrogens with zero attached hydrogens (tertiary/aromatic N) is 5. The highest BCUT2D eigenvalue weighted by molar-refractivity contribution is 5.80. The average molecular weight is 392 g/mol. The molecule has 4 heterocycles. The molecule has 1 aliphatic rings. The number of nitrogen functional groups attached to an aromatic ring is 1. The Morgan fingerprint density at radius 2 is 1.97 bits per heavy atom. The summed E-state index contributed by atoms with van der Waals surface area (Å²) in [5.41, 5.74) is 9.43. The van der Waals surface area contributed by atoms with Crippen LogP contribution in [-0.4, -0.2) is 44.8 Å². The van der Waals surface area contributed by atoms with Crippen LogP contribution in [0.3, 0.4) is 0 Å². The third-order valence-corrected chi connectivity index (χ3v) is 5.50. The number of aromatic nitrogens is 4. The van der Waals surface area contributed by atoms with Crippen LogP contribution in [0, 0.1) is 5.82 Å². The summed E-state index contributed by atoms with van der Waals surface area (Å²) in [6.07, 6.45) is 7.78. The van der Waals surface area contributed by atoms with Gasteiger partial charge in [0.05, 0.1) is 17.8 Å². The molecule has 0 spiro atoms. The number of hydrogen-bond donors (Lipinski definition) is 1. The molecular formula is C21H21FN6O. The highest BCUT2D eigenvalue weighted by Crippen LogP contribution is 2.32. The van der Waals surface area contributed by atoms with Gasteiger partial charge in [0.25, 0.3) is 0 Å². The lowest BCUT2D eigenvalue weighted by atomic mass is 10.1. The average Bonchev–Trinajstić information content (AvgIpc) is 3.36. The number of rotatable bonds is 3. The molecule has 0 atom stereocenters. The van der Waals surface area contributed by atoms with Gasteiger partial charge >= 0.3 is 0 Å². The van der Waals surface area contributed by atoms with Crippen molar-refractivity contribution in [1.29, 1.82) is 0 Å². The predicted octanol–water partition coefficient (Wildman–Crippen LogP) is 3.74. The highest BCUT2D eigenvalue weighted by atomic mass is 19.1. The molecule has 1 fully saturated rings. The van der Waals surface area contributed by atoms with Crippen molar-refractivity contribution in [2.24, 2.45) is 0 Å². The smallest absolute Gasteiger partial charge is 0.231 e. The number of benzene rings is 1. The van der Waals surface area contributed by atoms with Gasteiger partial charge in [0, 0.05) is 29.6 Å². The molecular weight excluding hydrogens is 371 g/mol. The summed E-state index contributed by atoms with van der Waals surface area (Å²) in [6.45, 7) is 2.15. The molecule has 1 aromatic carbocycles. The van der Waals surface area contributed by atoms with E-state index in [9.17, 15) is 4.39 Å². The Kier molecular flexibility index (Phi) is 4.28. The minimum absolute atomic E-state index is 0.309. The zero-order chi connectivity index (χ0) is 20.0. The summed E-state index contributed by atoms with van der Waals surface area (Å²) < 4.78 is 21.3. The van der Waals surface area contributed by atoms with Gasteiger partial charge in [-0.2, -0.15) is 5.10 Å². The van der Waals surface area contributed by atoms with Gasteiger partial charge in [-0.1, -0.05) is 0 Å². The molecule has 4 aromatic rings. The second kappa shape index (κ2) is 6.97. The van der Waals surface area contributed by atoms with E-state index in [-0.39, 0.29) is 5.82 Å². The maximum atomic E-state index is 13.5. The first kappa shape index (κ1) is 17.8. The van der Waals surface area contributed by atoms with Gasteiger partial charge in [-0.15, -0.1) is 0 Å². The van der Waals surface area contributed by atoms with Crippen LogP contribution in [0.15, 0.2) is 47.3 Å². The van der Waals surface area contributed by atoms with Gasteiger partial charge in [-0.25, -0.2) is 14.4 Å². The third kappa shape index (κ3) is 3.36. The molecule has 1 saturated heterocycles. The van der Waals surface area contributed by atoms with Crippen molar-refractivity contribution in [1.82, 2.24) is 24.6 Å². The van der Waals surface area contributed by atoms with Crippen molar-refractivity contribution >= 4 is 16.9 Å². The molecule has 7 nitrogen and oxygen atoms in total. The standard InChI is InChI=1S/C21H21FN6O/c1-27-6-4-16(5-7-27)28-12-14(11-25-28)13-8-17(20(23)24-10-13)21-26-18-9-15(22)2-3-19(18)29-21/h2-3,8-12,16H,4-7H2,1H3,(H2,23,24). The lowest BCUT2D eigenvalue weighted by Crippen LogP contribution is -2.31. The van der Waals surface area contributed by atoms with Crippen molar-refractivity contribution in [3.8, 4) is 22.6 Å². The lowest BCUT2D eigenvalue weighted by Gasteiger charge is -2.28. The summed E-state index contributed by atoms with van der Waals surface area (Å²) in [5.74, 6) is 0.266. The predicted molar refractivity (Wildman–Crippen MR) is 109 cm³/mol. The fourth-order valence-corrected chi connectivity index (χ4v) is 3.77. The summed E-state index contributed by atoms with van der Waals surface area (Å²) >= 11 is 0. The molecule has 0 saturated carbocycles. The van der Waals surface area contributed by atoms with E-state index >= 15 is 0 Å². The van der Waals surface area contributed by atoms with Gasteiger partial charge in [0.2, 0.25) is 5.89 Å². The number of anilines is 1. The first-order valence-corrected chi connectivity index (χ1v) is 9.62. The Labute approximate surface area is 167 Å². The number of hydrogen-bond acceptors (Lipinski definition) is 6. The van der Waals surface area contributed by atoms with E-state index in [4.69, 9.17) is 10.2 Å². The van der Waals surface area contributed by atoms with Crippen LogP contribution in [0.5, 0.6) is 0 Å². The van der Waals surface area contributed by atoms with Gasteiger partial charge in [0.1, 0.15) is 17.2 Å². The SMILES string of the molecule is CN1CCC(n2cc(-c3cnc(N)c(-c4nc5cc(F)ccc5o4)c3)cn2)CC1. The van der Waals surface area contributed by atoms with E-state index in [0.29, 0.717) is 34.4 Å². The van der Waals surface area contributed by atoms with Crippen molar-refractivity contribution in [2.45, 2.75) is 18.9 Å². The summed E-state index contributed by atoms with van der Waals surface area (Å²) in [6, 6.07) is 6.53. The molecule has 8 heteroatoms. The first-order chi connectivity index (χ1) is 14.1. The Morgan fingerprint density at radius 3 is 2.79 bits per heavy atom. The largest absolute Gasteiger partial charge is 0.436 e. The maximum absolute atomic E-state index is 13.5. The molecule has 1 aliphatic heterocycles. The van der Waals surface area contributed by atoms with Crippen LogP contribution in [0.4, 0.5) is 10.2 Å². The Balaban J connectivity index is 1.48. The minimum atomic E-state index is -0.362. The Morgan fingerprint density at radius 1 is 1.14 bits per heavy atom. The summed E-state index contributed by atoms with van der Waals surface area (Å²) in [5, 5.41) is 4.57. The third-order valence-electron chi connectivity index (χ3n) is 5.50. The molecule has 3 aromatic heterocycles. The van der Waals surface area contributed by atoms with Gasteiger partial charge in [-0.3, -0.25) is 4.68 Å². The number of nitrogens with two attached hydrogens (primary N) is 1. The van der Waals surface area contributed by atoms with E-state index in [1.807, 2.05) is 16.9 Å². The highest BCUT2D eigenvalue weighted by Gasteiger charge is 2.20. The molecule has 0 unspecified atom stereocenters. The zero-order valence-electron chi connectivity index (χ0n) is 16.0. The number of piperidine rings is 1. The molecule has 0 aliphatic carbocycles. The van der Waals surface area contributed by atoms with Crippen molar-refractivity contribution in [2.75, 3.05) is 25.9 Å². The van der Waals surface area contributed by atoms with Crippen LogP contribution in [-0.2, 0) is 0 Å². The monoisotopic (exact) mass is 392 g/mol. The number of pyridine rings is 1. The first-order valence-electron chi connectivity index (χ1n) is 9.62. The molecule has 0 amide bonds. The number of oxazole rings is 1. The number of halogens is 1. The van der Waals surface area contributed by atoms with Crippen molar-refractivity contribution in [3.63, 3.8) is 0 Å². The van der Waals surface area contributed by atoms with Crippen LogP contribution < -0.4 is 5.73 Å². The van der Waals surface area contributed by atoms with Crippen molar-refractivity contribution in [3.05, 3.63) is 48.7 Å². The van der Waals surface area contributed by atoms with E-state index in [1.165, 1.54) is 12.1 Å². The molecule has 5 rings (SSSR count). The Bertz CT molecular complexity index is 1180. The topological polar surface area (TPSA) is 86.0 Å². The molecule has 0 radical (unpaired) electrons. The fraction of sp³-hybridized carbons (Fsp3) is 0.286. The van der Waals surface area contributed by atoms with Crippen LogP contribution in [0.2, 0.25) is 0 Å². The maximum Gasteiger partial charge on any atom is 0.231 e. The second-order valence-corrected chi connectivity index (χ2v) is 7.53. The summed E-state index contributed by atoms with van der Waals surface area (Å²) in [4.78, 5) is 11.0. The fourth-order valence-electron chi connectivity index (χ4n) is 3.77. The van der Waals surface area contributed by atoms with Gasteiger partial charge in [-0.05, 0) is 51.2 Å². The Hall–Kier alpha value is -3.26. The summed E-state index contributed by atoms with van der Waals surface area (Å²) in [7, 11) is 2.15. The van der Waals surface area contributed by atoms with E-state index < -0.39 is 0 Å². The quantitative estimate of drug-likeness (QED) is 0.572. The molecule has 29 heavy (non-hydrogen) atoms. The van der Waals surface area contributed by atoms with Gasteiger partial charge < -0.3 is 15.1 Å². The van der Waals surface area contributed by atoms with E-state index in [0.717, 1.165) is 37.1 Å². The lowest BCUT2D eigenvalue weighted by molar-refractivity contribution is 0.212. The number of likely N-dealkylation sites (tertiary alicyclic amines) is 1.